The summed E-state index contributed by atoms with van der Waals surface area (Å²) in [6.45, 7) is -1.35. The normalized spacial score (nSPS) is 11.4. The number of hydrogen-bond acceptors (Lipinski definition) is 8. The maximum Gasteiger partial charge on any atom is 0.306 e. The molecular formula is C65H64O8P4. The molecule has 0 N–H and O–H groups in total. The lowest BCUT2D eigenvalue weighted by atomic mass is 9.92. The van der Waals surface area contributed by atoms with Gasteiger partial charge in [0, 0.05) is 0 Å². The molecule has 0 radical (unpaired) electrons. The van der Waals surface area contributed by atoms with Crippen LogP contribution in [0.4, 0.5) is 0 Å². The van der Waals surface area contributed by atoms with E-state index in [0.29, 0.717) is 24.6 Å². The molecule has 0 fully saturated rings. The van der Waals surface area contributed by atoms with Gasteiger partial charge < -0.3 is 18.9 Å². The summed E-state index contributed by atoms with van der Waals surface area (Å²) in [5.74, 6) is -1.88. The number of rotatable bonds is 28. The van der Waals surface area contributed by atoms with Crippen molar-refractivity contribution in [2.24, 2.45) is 5.41 Å². The predicted molar refractivity (Wildman–Crippen MR) is 320 cm³/mol. The van der Waals surface area contributed by atoms with Crippen LogP contribution in [0.15, 0.2) is 243 Å². The van der Waals surface area contributed by atoms with E-state index in [0.717, 1.165) is 42.4 Å². The molecule has 77 heavy (non-hydrogen) atoms. The maximum absolute atomic E-state index is 14.1. The Balaban J connectivity index is 1.03. The molecule has 0 aliphatic carbocycles. The molecule has 0 aliphatic heterocycles. The molecule has 0 amide bonds. The average Bonchev–Trinajstić information content (AvgIpc) is 3.49. The van der Waals surface area contributed by atoms with Crippen molar-refractivity contribution in [1.82, 2.24) is 0 Å². The molecule has 0 aliphatic rings. The van der Waals surface area contributed by atoms with Crippen molar-refractivity contribution >= 4 is 98.0 Å². The third-order valence-electron chi connectivity index (χ3n) is 12.9. The Bertz CT molecular complexity index is 2440. The second kappa shape index (κ2) is 30.3. The van der Waals surface area contributed by atoms with Gasteiger partial charge in [0.15, 0.2) is 0 Å². The summed E-state index contributed by atoms with van der Waals surface area (Å²) in [5.41, 5.74) is -1.45. The van der Waals surface area contributed by atoms with Crippen molar-refractivity contribution in [1.29, 1.82) is 0 Å². The van der Waals surface area contributed by atoms with Crippen LogP contribution in [0.1, 0.15) is 25.7 Å². The van der Waals surface area contributed by atoms with Crippen molar-refractivity contribution in [3.63, 3.8) is 0 Å². The van der Waals surface area contributed by atoms with Gasteiger partial charge in [-0.05, 0) is 98.8 Å². The van der Waals surface area contributed by atoms with Gasteiger partial charge in [-0.3, -0.25) is 19.2 Å². The fourth-order valence-electron chi connectivity index (χ4n) is 8.78. The van der Waals surface area contributed by atoms with Crippen LogP contribution >= 0.6 is 31.7 Å². The molecule has 0 aromatic heterocycles. The molecule has 0 spiro atoms. The molecule has 0 heterocycles. The van der Waals surface area contributed by atoms with Crippen LogP contribution in [0, 0.1) is 5.41 Å². The summed E-state index contributed by atoms with van der Waals surface area (Å²) in [6.07, 6.45) is 2.48. The molecule has 12 heteroatoms. The lowest BCUT2D eigenvalue weighted by Gasteiger charge is -2.32. The molecule has 8 nitrogen and oxygen atoms in total. The van der Waals surface area contributed by atoms with Crippen molar-refractivity contribution in [3.05, 3.63) is 243 Å². The predicted octanol–water partition coefficient (Wildman–Crippen LogP) is 10.2. The number of hydrogen-bond donors (Lipinski definition) is 0. The molecule has 8 aromatic rings. The fraction of sp³-hybridized carbons (Fsp3) is 0.200. The van der Waals surface area contributed by atoms with Gasteiger partial charge in [0.1, 0.15) is 31.8 Å². The molecular weight excluding hydrogens is 1030 g/mol. The van der Waals surface area contributed by atoms with Crippen LogP contribution in [0.3, 0.4) is 0 Å². The highest BCUT2D eigenvalue weighted by molar-refractivity contribution is 7.74. The molecule has 0 atom stereocenters. The zero-order valence-corrected chi connectivity index (χ0v) is 46.7. The van der Waals surface area contributed by atoms with Gasteiger partial charge in [-0.15, -0.1) is 0 Å². The first-order chi connectivity index (χ1) is 37.8. The van der Waals surface area contributed by atoms with E-state index in [4.69, 9.17) is 18.9 Å². The zero-order chi connectivity index (χ0) is 53.3. The van der Waals surface area contributed by atoms with Crippen LogP contribution in [0.5, 0.6) is 0 Å². The summed E-state index contributed by atoms with van der Waals surface area (Å²) >= 11 is 0. The summed E-state index contributed by atoms with van der Waals surface area (Å²) in [6, 6.07) is 81.2. The van der Waals surface area contributed by atoms with E-state index in [-0.39, 0.29) is 52.1 Å². The Morgan fingerprint density at radius 3 is 0.532 bits per heavy atom. The van der Waals surface area contributed by atoms with E-state index in [1.807, 2.05) is 146 Å². The van der Waals surface area contributed by atoms with Gasteiger partial charge in [-0.1, -0.05) is 243 Å². The average molecular weight is 1100 g/mol. The SMILES string of the molecule is O=C(CCP(c1ccccc1)c1ccccc1)OCC(COC(=O)CCP(c1ccccc1)c1ccccc1)(COC(=O)CCP(c1ccccc1)c1ccccc1)COC(=O)CCP(c1ccccc1)c1ccccc1. The van der Waals surface area contributed by atoms with Crippen LogP contribution < -0.4 is 42.4 Å². The molecule has 392 valence electrons. The number of carbonyl (C=O) groups excluding carboxylic acids is 4. The Hall–Kier alpha value is -6.64. The highest BCUT2D eigenvalue weighted by Crippen LogP contribution is 2.38. The Kier molecular flexibility index (Phi) is 22.3. The highest BCUT2D eigenvalue weighted by Gasteiger charge is 2.38. The molecule has 8 aromatic carbocycles. The number of benzene rings is 8. The summed E-state index contributed by atoms with van der Waals surface area (Å²) in [7, 11) is -3.61. The standard InChI is InChI=1S/C65H64O8P4/c66-61(41-45-74(53-25-9-1-10-26-53)54-27-11-2-12-28-54)70-49-65(50-71-62(67)42-46-75(55-29-13-3-14-30-55)56-31-15-4-16-32-56,51-72-63(68)43-47-76(57-33-17-5-18-34-57)58-35-19-6-20-36-58)52-73-64(69)44-48-77(59-37-21-7-22-38-59)60-39-23-8-24-40-60/h1-40H,41-52H2. The van der Waals surface area contributed by atoms with Crippen molar-refractivity contribution < 1.29 is 38.1 Å². The topological polar surface area (TPSA) is 105 Å². The quantitative estimate of drug-likeness (QED) is 0.0271. The van der Waals surface area contributed by atoms with E-state index in [1.54, 1.807) is 0 Å². The smallest absolute Gasteiger partial charge is 0.306 e. The number of ether oxygens (including phenoxy) is 4. The third-order valence-corrected chi connectivity index (χ3v) is 22.9. The van der Waals surface area contributed by atoms with Crippen LogP contribution in [-0.4, -0.2) is 75.0 Å². The Morgan fingerprint density at radius 1 is 0.247 bits per heavy atom. The van der Waals surface area contributed by atoms with Crippen LogP contribution in [0.25, 0.3) is 0 Å². The summed E-state index contributed by atoms with van der Waals surface area (Å²) < 4.78 is 24.7. The van der Waals surface area contributed by atoms with E-state index < -0.39 is 61.0 Å². The lowest BCUT2D eigenvalue weighted by molar-refractivity contribution is -0.170. The van der Waals surface area contributed by atoms with E-state index in [1.165, 1.54) is 0 Å². The number of carbonyl (C=O) groups is 4. The maximum atomic E-state index is 14.1. The lowest BCUT2D eigenvalue weighted by Crippen LogP contribution is -2.44. The van der Waals surface area contributed by atoms with Gasteiger partial charge in [-0.25, -0.2) is 0 Å². The Morgan fingerprint density at radius 2 is 0.390 bits per heavy atom. The van der Waals surface area contributed by atoms with E-state index in [9.17, 15) is 19.2 Å². The largest absolute Gasteiger partial charge is 0.465 e. The van der Waals surface area contributed by atoms with Crippen LogP contribution in [0.2, 0.25) is 0 Å². The van der Waals surface area contributed by atoms with Crippen molar-refractivity contribution in [2.75, 3.05) is 51.1 Å². The number of esters is 4. The minimum Gasteiger partial charge on any atom is -0.465 e. The zero-order valence-electron chi connectivity index (χ0n) is 43.1. The first kappa shape index (κ1) is 56.6. The van der Waals surface area contributed by atoms with Gasteiger partial charge in [0.25, 0.3) is 0 Å². The summed E-state index contributed by atoms with van der Waals surface area (Å²) in [4.78, 5) is 56.3. The van der Waals surface area contributed by atoms with Gasteiger partial charge in [-0.2, -0.15) is 0 Å². The highest BCUT2D eigenvalue weighted by atomic mass is 31.1. The van der Waals surface area contributed by atoms with E-state index in [2.05, 4.69) is 97.1 Å². The van der Waals surface area contributed by atoms with Crippen LogP contribution in [-0.2, 0) is 38.1 Å². The molecule has 8 rings (SSSR count). The molecule has 0 unspecified atom stereocenters. The second-order valence-electron chi connectivity index (χ2n) is 18.4. The van der Waals surface area contributed by atoms with E-state index >= 15 is 0 Å². The van der Waals surface area contributed by atoms with Gasteiger partial charge in [0.2, 0.25) is 0 Å². The van der Waals surface area contributed by atoms with Crippen molar-refractivity contribution in [3.8, 4) is 0 Å². The first-order valence-electron chi connectivity index (χ1n) is 26.0. The van der Waals surface area contributed by atoms with Gasteiger partial charge in [0.05, 0.1) is 25.7 Å². The minimum absolute atomic E-state index is 0.0957. The molecule has 0 saturated heterocycles. The first-order valence-corrected chi connectivity index (χ1v) is 32.1. The van der Waals surface area contributed by atoms with Gasteiger partial charge >= 0.3 is 23.9 Å². The summed E-state index contributed by atoms with van der Waals surface area (Å²) in [5, 5.41) is 9.08. The second-order valence-corrected chi connectivity index (χ2v) is 27.8. The minimum atomic E-state index is -1.45. The van der Waals surface area contributed by atoms with Crippen molar-refractivity contribution in [2.45, 2.75) is 25.7 Å². The molecule has 0 bridgehead atoms. The third kappa shape index (κ3) is 17.7. The molecule has 0 saturated carbocycles. The fourth-order valence-corrected chi connectivity index (χ4v) is 17.9. The Labute approximate surface area is 458 Å². The monoisotopic (exact) mass is 1100 g/mol.